The Kier molecular flexibility index (Phi) is 5.05. The highest BCUT2D eigenvalue weighted by Crippen LogP contribution is 2.27. The van der Waals surface area contributed by atoms with Gasteiger partial charge in [-0.2, -0.15) is 4.98 Å². The van der Waals surface area contributed by atoms with E-state index in [4.69, 9.17) is 4.42 Å². The molecule has 4 nitrogen and oxygen atoms in total. The quantitative estimate of drug-likeness (QED) is 0.756. The zero-order valence-electron chi connectivity index (χ0n) is 11.6. The summed E-state index contributed by atoms with van der Waals surface area (Å²) in [5.74, 6) is 0. The van der Waals surface area contributed by atoms with Crippen molar-refractivity contribution in [2.24, 2.45) is 0 Å². The van der Waals surface area contributed by atoms with Gasteiger partial charge in [-0.05, 0) is 32.7 Å². The molecule has 18 heavy (non-hydrogen) atoms. The molecule has 2 rings (SSSR count). The minimum atomic E-state index is 0.630. The van der Waals surface area contributed by atoms with Gasteiger partial charge in [0.2, 0.25) is 0 Å². The SMILES string of the molecule is CCCNCc1coc(N(CC)C2CCCC2)n1. The Morgan fingerprint density at radius 2 is 2.17 bits per heavy atom. The Morgan fingerprint density at radius 3 is 2.83 bits per heavy atom. The van der Waals surface area contributed by atoms with Gasteiger partial charge < -0.3 is 14.6 Å². The van der Waals surface area contributed by atoms with E-state index in [9.17, 15) is 0 Å². The van der Waals surface area contributed by atoms with Crippen molar-refractivity contribution in [1.82, 2.24) is 10.3 Å². The number of rotatable bonds is 7. The summed E-state index contributed by atoms with van der Waals surface area (Å²) in [6, 6.07) is 1.43. The number of hydrogen-bond acceptors (Lipinski definition) is 4. The highest BCUT2D eigenvalue weighted by Gasteiger charge is 2.24. The molecule has 1 N–H and O–H groups in total. The van der Waals surface area contributed by atoms with E-state index in [-0.39, 0.29) is 0 Å². The minimum absolute atomic E-state index is 0.630. The first-order valence-corrected chi connectivity index (χ1v) is 7.27. The molecule has 1 fully saturated rings. The number of anilines is 1. The zero-order chi connectivity index (χ0) is 12.8. The molecule has 0 unspecified atom stereocenters. The normalized spacial score (nSPS) is 16.3. The smallest absolute Gasteiger partial charge is 0.297 e. The molecule has 1 aromatic heterocycles. The van der Waals surface area contributed by atoms with Crippen molar-refractivity contribution in [3.63, 3.8) is 0 Å². The molecule has 1 heterocycles. The van der Waals surface area contributed by atoms with Gasteiger partial charge >= 0.3 is 0 Å². The summed E-state index contributed by atoms with van der Waals surface area (Å²) < 4.78 is 5.64. The Balaban J connectivity index is 1.94. The lowest BCUT2D eigenvalue weighted by Crippen LogP contribution is -2.33. The van der Waals surface area contributed by atoms with Crippen molar-refractivity contribution in [2.75, 3.05) is 18.0 Å². The lowest BCUT2D eigenvalue weighted by Gasteiger charge is -2.25. The van der Waals surface area contributed by atoms with Crippen LogP contribution in [-0.4, -0.2) is 24.1 Å². The van der Waals surface area contributed by atoms with Gasteiger partial charge in [-0.25, -0.2) is 0 Å². The van der Waals surface area contributed by atoms with E-state index in [1.165, 1.54) is 25.7 Å². The summed E-state index contributed by atoms with van der Waals surface area (Å²) in [5, 5.41) is 3.35. The minimum Gasteiger partial charge on any atom is -0.432 e. The second-order valence-electron chi connectivity index (χ2n) is 5.02. The fraction of sp³-hybridized carbons (Fsp3) is 0.786. The molecule has 0 spiro atoms. The Morgan fingerprint density at radius 1 is 1.39 bits per heavy atom. The molecule has 102 valence electrons. The summed E-state index contributed by atoms with van der Waals surface area (Å²) in [4.78, 5) is 6.91. The van der Waals surface area contributed by atoms with E-state index in [1.807, 2.05) is 0 Å². The average molecular weight is 251 g/mol. The van der Waals surface area contributed by atoms with Gasteiger partial charge in [0.05, 0.1) is 5.69 Å². The lowest BCUT2D eigenvalue weighted by atomic mass is 10.2. The van der Waals surface area contributed by atoms with Crippen LogP contribution in [0.1, 0.15) is 51.6 Å². The molecule has 1 aliphatic carbocycles. The van der Waals surface area contributed by atoms with Crippen molar-refractivity contribution < 1.29 is 4.42 Å². The second kappa shape index (κ2) is 6.78. The van der Waals surface area contributed by atoms with Gasteiger partial charge in [0.15, 0.2) is 0 Å². The van der Waals surface area contributed by atoms with Crippen molar-refractivity contribution in [2.45, 2.75) is 58.5 Å². The highest BCUT2D eigenvalue weighted by atomic mass is 16.4. The van der Waals surface area contributed by atoms with Gasteiger partial charge in [-0.15, -0.1) is 0 Å². The lowest BCUT2D eigenvalue weighted by molar-refractivity contribution is 0.497. The molecule has 0 radical (unpaired) electrons. The fourth-order valence-electron chi connectivity index (χ4n) is 2.67. The van der Waals surface area contributed by atoms with Gasteiger partial charge in [-0.1, -0.05) is 19.8 Å². The molecule has 0 aromatic carbocycles. The highest BCUT2D eigenvalue weighted by molar-refractivity contribution is 5.29. The van der Waals surface area contributed by atoms with Crippen LogP contribution in [0, 0.1) is 0 Å². The number of hydrogen-bond donors (Lipinski definition) is 1. The van der Waals surface area contributed by atoms with Crippen molar-refractivity contribution >= 4 is 6.01 Å². The standard InChI is InChI=1S/C14H25N3O/c1-3-9-15-10-12-11-18-14(16-12)17(4-2)13-7-5-6-8-13/h11,13,15H,3-10H2,1-2H3. The third kappa shape index (κ3) is 3.25. The molecular formula is C14H25N3O. The largest absolute Gasteiger partial charge is 0.432 e. The number of nitrogens with one attached hydrogen (secondary N) is 1. The molecule has 0 aliphatic heterocycles. The summed E-state index contributed by atoms with van der Waals surface area (Å²) in [6.45, 7) is 7.16. The number of nitrogens with zero attached hydrogens (tertiary/aromatic N) is 2. The number of aromatic nitrogens is 1. The van der Waals surface area contributed by atoms with Crippen LogP contribution >= 0.6 is 0 Å². The molecular weight excluding hydrogens is 226 g/mol. The molecule has 1 aliphatic rings. The van der Waals surface area contributed by atoms with Crippen LogP contribution in [0.2, 0.25) is 0 Å². The first kappa shape index (κ1) is 13.4. The van der Waals surface area contributed by atoms with Gasteiger partial charge in [0.1, 0.15) is 6.26 Å². The van der Waals surface area contributed by atoms with Crippen molar-refractivity contribution in [3.05, 3.63) is 12.0 Å². The van der Waals surface area contributed by atoms with Crippen LogP contribution in [0.3, 0.4) is 0 Å². The maximum Gasteiger partial charge on any atom is 0.297 e. The summed E-state index contributed by atoms with van der Waals surface area (Å²) in [7, 11) is 0. The van der Waals surface area contributed by atoms with Gasteiger partial charge in [-0.3, -0.25) is 0 Å². The molecule has 0 saturated heterocycles. The van der Waals surface area contributed by atoms with E-state index in [2.05, 4.69) is 29.0 Å². The van der Waals surface area contributed by atoms with E-state index >= 15 is 0 Å². The average Bonchev–Trinajstić information content (AvgIpc) is 3.03. The van der Waals surface area contributed by atoms with Crippen LogP contribution in [0.4, 0.5) is 6.01 Å². The molecule has 4 heteroatoms. The van der Waals surface area contributed by atoms with E-state index in [0.717, 1.165) is 37.8 Å². The van der Waals surface area contributed by atoms with Crippen LogP contribution in [0.25, 0.3) is 0 Å². The Bertz CT molecular complexity index is 345. The number of oxazole rings is 1. The fourth-order valence-corrected chi connectivity index (χ4v) is 2.67. The molecule has 1 saturated carbocycles. The van der Waals surface area contributed by atoms with Crippen LogP contribution < -0.4 is 10.2 Å². The Hall–Kier alpha value is -1.03. The molecule has 0 atom stereocenters. The molecule has 0 amide bonds. The van der Waals surface area contributed by atoms with Crippen molar-refractivity contribution in [1.29, 1.82) is 0 Å². The maximum atomic E-state index is 5.64. The molecule has 1 aromatic rings. The Labute approximate surface area is 110 Å². The summed E-state index contributed by atoms with van der Waals surface area (Å²) in [6.07, 6.45) is 8.17. The monoisotopic (exact) mass is 251 g/mol. The van der Waals surface area contributed by atoms with Gasteiger partial charge in [0.25, 0.3) is 6.01 Å². The van der Waals surface area contributed by atoms with Gasteiger partial charge in [0, 0.05) is 19.1 Å². The van der Waals surface area contributed by atoms with Crippen LogP contribution in [0.15, 0.2) is 10.7 Å². The van der Waals surface area contributed by atoms with E-state index < -0.39 is 0 Å². The van der Waals surface area contributed by atoms with E-state index in [0.29, 0.717) is 6.04 Å². The van der Waals surface area contributed by atoms with Crippen LogP contribution in [-0.2, 0) is 6.54 Å². The second-order valence-corrected chi connectivity index (χ2v) is 5.02. The predicted molar refractivity (Wildman–Crippen MR) is 73.8 cm³/mol. The molecule has 0 bridgehead atoms. The van der Waals surface area contributed by atoms with E-state index in [1.54, 1.807) is 6.26 Å². The summed E-state index contributed by atoms with van der Waals surface area (Å²) in [5.41, 5.74) is 1.01. The first-order chi connectivity index (χ1) is 8.85. The van der Waals surface area contributed by atoms with Crippen molar-refractivity contribution in [3.8, 4) is 0 Å². The zero-order valence-corrected chi connectivity index (χ0v) is 11.6. The summed E-state index contributed by atoms with van der Waals surface area (Å²) >= 11 is 0. The third-order valence-electron chi connectivity index (χ3n) is 3.62. The maximum absolute atomic E-state index is 5.64. The third-order valence-corrected chi connectivity index (χ3v) is 3.62. The predicted octanol–water partition coefficient (Wildman–Crippen LogP) is 2.94. The first-order valence-electron chi connectivity index (χ1n) is 7.27. The van der Waals surface area contributed by atoms with Crippen LogP contribution in [0.5, 0.6) is 0 Å². The topological polar surface area (TPSA) is 41.3 Å².